The molecule has 0 fully saturated rings. The van der Waals surface area contributed by atoms with Gasteiger partial charge >= 0.3 is 5.97 Å². The Morgan fingerprint density at radius 1 is 1.27 bits per heavy atom. The summed E-state index contributed by atoms with van der Waals surface area (Å²) in [4.78, 5) is 26.1. The number of carbonyl (C=O) groups excluding carboxylic acids is 1. The molecule has 0 N–H and O–H groups in total. The van der Waals surface area contributed by atoms with Crippen LogP contribution in [0.5, 0.6) is 0 Å². The Bertz CT molecular complexity index is 879. The molecule has 0 spiro atoms. The van der Waals surface area contributed by atoms with Crippen LogP contribution in [0.4, 0.5) is 5.69 Å². The molecule has 0 saturated carbocycles. The highest BCUT2D eigenvalue weighted by Crippen LogP contribution is 2.19. The first-order valence-corrected chi connectivity index (χ1v) is 6.17. The van der Waals surface area contributed by atoms with E-state index in [0.29, 0.717) is 17.2 Å². The van der Waals surface area contributed by atoms with Crippen molar-refractivity contribution in [3.8, 4) is 5.69 Å². The lowest BCUT2D eigenvalue weighted by molar-refractivity contribution is -0.384. The van der Waals surface area contributed by atoms with E-state index in [2.05, 4.69) is 15.4 Å². The molecule has 2 heterocycles. The lowest BCUT2D eigenvalue weighted by Crippen LogP contribution is -2.06. The molecular formula is C12H10N6O4. The van der Waals surface area contributed by atoms with Crippen molar-refractivity contribution in [1.29, 1.82) is 0 Å². The predicted octanol–water partition coefficient (Wildman–Crippen LogP) is 0.918. The molecule has 0 unspecified atom stereocenters. The zero-order chi connectivity index (χ0) is 15.9. The number of ether oxygens (including phenoxy) is 1. The first-order valence-electron chi connectivity index (χ1n) is 6.17. The molecule has 10 nitrogen and oxygen atoms in total. The molecule has 0 radical (unpaired) electrons. The number of methoxy groups -OCH3 is 1. The van der Waals surface area contributed by atoms with Crippen molar-refractivity contribution in [2.75, 3.05) is 7.11 Å². The number of nitro groups is 1. The summed E-state index contributed by atoms with van der Waals surface area (Å²) < 4.78 is 7.46. The normalized spacial score (nSPS) is 10.8. The Hall–Kier alpha value is -3.30. The quantitative estimate of drug-likeness (QED) is 0.401. The highest BCUT2D eigenvalue weighted by molar-refractivity contribution is 5.94. The number of hydrogen-bond acceptors (Lipinski definition) is 7. The molecule has 3 aromatic rings. The number of hydrogen-bond donors (Lipinski definition) is 0. The van der Waals surface area contributed by atoms with Crippen LogP contribution in [0.15, 0.2) is 24.3 Å². The standard InChI is InChI=1S/C12H10N6O4/c1-7-13-10(12(19)22-2)11-16(7)14-15-17(11)8-3-5-9(6-4-8)18(20)21/h3-6H,1-2H3. The maximum atomic E-state index is 11.8. The van der Waals surface area contributed by atoms with Crippen LogP contribution in [0.1, 0.15) is 16.3 Å². The van der Waals surface area contributed by atoms with Crippen LogP contribution in [0, 0.1) is 17.0 Å². The molecule has 22 heavy (non-hydrogen) atoms. The minimum absolute atomic E-state index is 0.0437. The summed E-state index contributed by atoms with van der Waals surface area (Å²) in [5.41, 5.74) is 0.873. The molecule has 112 valence electrons. The zero-order valence-corrected chi connectivity index (χ0v) is 11.6. The predicted molar refractivity (Wildman–Crippen MR) is 72.8 cm³/mol. The summed E-state index contributed by atoms with van der Waals surface area (Å²) >= 11 is 0. The molecule has 0 aliphatic rings. The number of tetrazole rings is 1. The Morgan fingerprint density at radius 2 is 1.95 bits per heavy atom. The van der Waals surface area contributed by atoms with Gasteiger partial charge in [-0.1, -0.05) is 0 Å². The number of rotatable bonds is 3. The fourth-order valence-electron chi connectivity index (χ4n) is 2.06. The van der Waals surface area contributed by atoms with E-state index in [1.54, 1.807) is 6.92 Å². The van der Waals surface area contributed by atoms with Crippen molar-refractivity contribution in [2.24, 2.45) is 0 Å². The van der Waals surface area contributed by atoms with Gasteiger partial charge in [0.15, 0.2) is 11.3 Å². The van der Waals surface area contributed by atoms with E-state index in [4.69, 9.17) is 4.74 Å². The van der Waals surface area contributed by atoms with Crippen molar-refractivity contribution in [1.82, 2.24) is 24.6 Å². The molecule has 0 saturated heterocycles. The molecule has 0 aliphatic carbocycles. The minimum atomic E-state index is -0.615. The number of nitro benzene ring substituents is 1. The zero-order valence-electron chi connectivity index (χ0n) is 11.6. The van der Waals surface area contributed by atoms with Crippen molar-refractivity contribution >= 4 is 17.3 Å². The third-order valence-electron chi connectivity index (χ3n) is 3.10. The number of non-ortho nitro benzene ring substituents is 1. The summed E-state index contributed by atoms with van der Waals surface area (Å²) in [6.45, 7) is 1.67. The number of nitrogens with zero attached hydrogens (tertiary/aromatic N) is 6. The van der Waals surface area contributed by atoms with Crippen LogP contribution in [0.3, 0.4) is 0 Å². The van der Waals surface area contributed by atoms with E-state index in [1.807, 2.05) is 0 Å². The summed E-state index contributed by atoms with van der Waals surface area (Å²) in [7, 11) is 1.25. The highest BCUT2D eigenvalue weighted by Gasteiger charge is 2.22. The highest BCUT2D eigenvalue weighted by atomic mass is 16.6. The average Bonchev–Trinajstić information content (AvgIpc) is 3.08. The molecule has 0 atom stereocenters. The lowest BCUT2D eigenvalue weighted by atomic mass is 10.3. The smallest absolute Gasteiger partial charge is 0.360 e. The van der Waals surface area contributed by atoms with E-state index in [9.17, 15) is 14.9 Å². The first kappa shape index (κ1) is 13.7. The van der Waals surface area contributed by atoms with Crippen LogP contribution in [-0.2, 0) is 4.74 Å². The van der Waals surface area contributed by atoms with Gasteiger partial charge in [-0.05, 0) is 29.5 Å². The summed E-state index contributed by atoms with van der Waals surface area (Å²) in [6.07, 6.45) is 0. The van der Waals surface area contributed by atoms with Gasteiger partial charge in [-0.25, -0.2) is 9.78 Å². The van der Waals surface area contributed by atoms with E-state index in [0.717, 1.165) is 0 Å². The largest absolute Gasteiger partial charge is 0.464 e. The molecule has 3 rings (SSSR count). The van der Waals surface area contributed by atoms with Crippen LogP contribution in [0.25, 0.3) is 11.3 Å². The monoisotopic (exact) mass is 302 g/mol. The number of imidazole rings is 1. The fourth-order valence-corrected chi connectivity index (χ4v) is 2.06. The second kappa shape index (κ2) is 4.91. The van der Waals surface area contributed by atoms with Gasteiger partial charge in [0, 0.05) is 12.1 Å². The molecule has 2 aromatic heterocycles. The van der Waals surface area contributed by atoms with Gasteiger partial charge in [-0.2, -0.15) is 9.20 Å². The maximum absolute atomic E-state index is 11.8. The van der Waals surface area contributed by atoms with Crippen LogP contribution >= 0.6 is 0 Å². The Morgan fingerprint density at radius 3 is 2.55 bits per heavy atom. The molecule has 0 bridgehead atoms. The van der Waals surface area contributed by atoms with Crippen LogP contribution in [-0.4, -0.2) is 42.6 Å². The third kappa shape index (κ3) is 1.97. The molecule has 10 heteroatoms. The van der Waals surface area contributed by atoms with Crippen LogP contribution in [0.2, 0.25) is 0 Å². The summed E-state index contributed by atoms with van der Waals surface area (Å²) in [6, 6.07) is 5.70. The summed E-state index contributed by atoms with van der Waals surface area (Å²) in [5, 5.41) is 18.6. The van der Waals surface area contributed by atoms with Crippen molar-refractivity contribution in [3.05, 3.63) is 45.9 Å². The SMILES string of the molecule is COC(=O)c1nc(C)n2nnn(-c3ccc([N+](=O)[O-])cc3)c12. The van der Waals surface area contributed by atoms with Gasteiger partial charge in [0.05, 0.1) is 17.7 Å². The maximum Gasteiger partial charge on any atom is 0.360 e. The van der Waals surface area contributed by atoms with Gasteiger partial charge in [0.25, 0.3) is 5.69 Å². The van der Waals surface area contributed by atoms with Gasteiger partial charge in [0.1, 0.15) is 5.82 Å². The topological polar surface area (TPSA) is 117 Å². The Balaban J connectivity index is 2.18. The van der Waals surface area contributed by atoms with Gasteiger partial charge < -0.3 is 4.74 Å². The van der Waals surface area contributed by atoms with Gasteiger partial charge in [0.2, 0.25) is 0 Å². The van der Waals surface area contributed by atoms with E-state index >= 15 is 0 Å². The average molecular weight is 302 g/mol. The van der Waals surface area contributed by atoms with E-state index in [1.165, 1.54) is 40.6 Å². The van der Waals surface area contributed by atoms with E-state index < -0.39 is 10.9 Å². The molecule has 1 aromatic carbocycles. The first-order chi connectivity index (χ1) is 10.5. The number of fused-ring (bicyclic) bond motifs is 1. The number of aryl methyl sites for hydroxylation is 1. The third-order valence-corrected chi connectivity index (χ3v) is 3.10. The van der Waals surface area contributed by atoms with Crippen molar-refractivity contribution in [3.63, 3.8) is 0 Å². The molecule has 0 amide bonds. The Kier molecular flexibility index (Phi) is 3.05. The number of aromatic nitrogens is 5. The number of esters is 1. The minimum Gasteiger partial charge on any atom is -0.464 e. The van der Waals surface area contributed by atoms with Crippen molar-refractivity contribution < 1.29 is 14.5 Å². The van der Waals surface area contributed by atoms with Crippen molar-refractivity contribution in [2.45, 2.75) is 6.92 Å². The Labute approximate surface area is 123 Å². The number of benzene rings is 1. The fraction of sp³-hybridized carbons (Fsp3) is 0.167. The van der Waals surface area contributed by atoms with Crippen LogP contribution < -0.4 is 0 Å². The molecule has 0 aliphatic heterocycles. The van der Waals surface area contributed by atoms with E-state index in [-0.39, 0.29) is 11.4 Å². The number of carbonyl (C=O) groups is 1. The van der Waals surface area contributed by atoms with Gasteiger partial charge in [-0.15, -0.1) is 0 Å². The second-order valence-electron chi connectivity index (χ2n) is 4.40. The summed E-state index contributed by atoms with van der Waals surface area (Å²) in [5.74, 6) is -0.139. The lowest BCUT2D eigenvalue weighted by Gasteiger charge is -2.01. The second-order valence-corrected chi connectivity index (χ2v) is 4.40. The molecular weight excluding hydrogens is 292 g/mol. The van der Waals surface area contributed by atoms with Gasteiger partial charge in [-0.3, -0.25) is 10.1 Å².